The first-order chi connectivity index (χ1) is 9.16. The van der Waals surface area contributed by atoms with E-state index in [4.69, 9.17) is 12.2 Å². The van der Waals surface area contributed by atoms with E-state index < -0.39 is 0 Å². The van der Waals surface area contributed by atoms with Crippen LogP contribution in [0.25, 0.3) is 0 Å². The van der Waals surface area contributed by atoms with Crippen LogP contribution in [-0.2, 0) is 0 Å². The molecular formula is C13H10IN3OS. The molecule has 0 radical (unpaired) electrons. The van der Waals surface area contributed by atoms with Crippen molar-refractivity contribution >= 4 is 51.6 Å². The largest absolute Gasteiger partial charge is 0.317 e. The fourth-order valence-electron chi connectivity index (χ4n) is 1.40. The number of amides is 1. The molecule has 1 heterocycles. The molecule has 96 valence electrons. The van der Waals surface area contributed by atoms with Crippen LogP contribution < -0.4 is 10.6 Å². The second kappa shape index (κ2) is 6.58. The summed E-state index contributed by atoms with van der Waals surface area (Å²) in [6.45, 7) is 0. The molecule has 2 N–H and O–H groups in total. The number of carbonyl (C=O) groups is 1. The second-order valence-corrected chi connectivity index (χ2v) is 5.17. The van der Waals surface area contributed by atoms with E-state index in [0.29, 0.717) is 11.4 Å². The molecule has 0 aliphatic heterocycles. The van der Waals surface area contributed by atoms with Crippen molar-refractivity contribution in [2.45, 2.75) is 0 Å². The lowest BCUT2D eigenvalue weighted by Crippen LogP contribution is -2.34. The van der Waals surface area contributed by atoms with E-state index in [2.05, 4.69) is 38.2 Å². The number of hydrogen-bond donors (Lipinski definition) is 2. The molecule has 0 spiro atoms. The van der Waals surface area contributed by atoms with Crippen LogP contribution in [0.3, 0.4) is 0 Å². The number of benzene rings is 1. The molecular weight excluding hydrogens is 373 g/mol. The van der Waals surface area contributed by atoms with Gasteiger partial charge in [-0.05, 0) is 59.1 Å². The van der Waals surface area contributed by atoms with Gasteiger partial charge in [0.2, 0.25) is 0 Å². The molecule has 0 fully saturated rings. The molecule has 0 bridgehead atoms. The second-order valence-electron chi connectivity index (χ2n) is 3.60. The van der Waals surface area contributed by atoms with Crippen molar-refractivity contribution in [3.63, 3.8) is 0 Å². The van der Waals surface area contributed by atoms with Crippen molar-refractivity contribution in [1.82, 2.24) is 10.3 Å². The van der Waals surface area contributed by atoms with Crippen LogP contribution in [0.2, 0.25) is 0 Å². The molecule has 19 heavy (non-hydrogen) atoms. The molecule has 2 rings (SSSR count). The zero-order chi connectivity index (χ0) is 13.7. The summed E-state index contributed by atoms with van der Waals surface area (Å²) in [5, 5.41) is 5.70. The highest BCUT2D eigenvalue weighted by Gasteiger charge is 2.10. The van der Waals surface area contributed by atoms with Gasteiger partial charge < -0.3 is 5.32 Å². The summed E-state index contributed by atoms with van der Waals surface area (Å²) in [7, 11) is 0. The van der Waals surface area contributed by atoms with Crippen LogP contribution >= 0.6 is 34.8 Å². The number of anilines is 1. The third-order valence-electron chi connectivity index (χ3n) is 2.25. The van der Waals surface area contributed by atoms with Gasteiger partial charge in [-0.15, -0.1) is 0 Å². The van der Waals surface area contributed by atoms with E-state index in [1.54, 1.807) is 24.4 Å². The molecule has 0 unspecified atom stereocenters. The van der Waals surface area contributed by atoms with Gasteiger partial charge in [-0.25, -0.2) is 4.98 Å². The van der Waals surface area contributed by atoms with Gasteiger partial charge in [0.25, 0.3) is 5.91 Å². The third-order valence-corrected chi connectivity index (χ3v) is 3.40. The molecule has 6 heteroatoms. The Labute approximate surface area is 129 Å². The lowest BCUT2D eigenvalue weighted by atomic mass is 10.2. The van der Waals surface area contributed by atoms with Gasteiger partial charge in [-0.3, -0.25) is 10.1 Å². The number of thiocarbonyl (C=S) groups is 1. The Hall–Kier alpha value is -1.54. The van der Waals surface area contributed by atoms with Crippen molar-refractivity contribution < 1.29 is 4.79 Å². The molecule has 1 amide bonds. The van der Waals surface area contributed by atoms with Gasteiger partial charge in [-0.2, -0.15) is 0 Å². The minimum absolute atomic E-state index is 0.225. The van der Waals surface area contributed by atoms with E-state index in [0.717, 1.165) is 3.57 Å². The molecule has 0 aliphatic carbocycles. The smallest absolute Gasteiger partial charge is 0.258 e. The normalized spacial score (nSPS) is 9.74. The Morgan fingerprint density at radius 1 is 1.16 bits per heavy atom. The molecule has 1 aromatic carbocycles. The number of aromatic nitrogens is 1. The standard InChI is InChI=1S/C13H10IN3OS/c14-10-6-2-1-5-9(10)12(18)17-13(19)16-11-7-3-4-8-15-11/h1-8H,(H2,15,16,17,18,19). The highest BCUT2D eigenvalue weighted by Crippen LogP contribution is 2.11. The van der Waals surface area contributed by atoms with E-state index in [-0.39, 0.29) is 11.0 Å². The van der Waals surface area contributed by atoms with Crippen LogP contribution in [0.15, 0.2) is 48.7 Å². The summed E-state index contributed by atoms with van der Waals surface area (Å²) in [5.41, 5.74) is 0.591. The van der Waals surface area contributed by atoms with Crippen LogP contribution in [0.4, 0.5) is 5.82 Å². The van der Waals surface area contributed by atoms with Gasteiger partial charge in [-0.1, -0.05) is 18.2 Å². The molecule has 0 aliphatic rings. The van der Waals surface area contributed by atoms with Crippen molar-refractivity contribution in [2.24, 2.45) is 0 Å². The summed E-state index contributed by atoms with van der Waals surface area (Å²) in [4.78, 5) is 16.1. The fraction of sp³-hybridized carbons (Fsp3) is 0. The SMILES string of the molecule is O=C(NC(=S)Nc1ccccn1)c1ccccc1I. The van der Waals surface area contributed by atoms with E-state index in [1.165, 1.54) is 0 Å². The quantitative estimate of drug-likeness (QED) is 0.619. The molecule has 4 nitrogen and oxygen atoms in total. The number of pyridine rings is 1. The maximum Gasteiger partial charge on any atom is 0.258 e. The van der Waals surface area contributed by atoms with Crippen LogP contribution in [-0.4, -0.2) is 16.0 Å². The summed E-state index contributed by atoms with van der Waals surface area (Å²) < 4.78 is 0.873. The minimum Gasteiger partial charge on any atom is -0.317 e. The average molecular weight is 383 g/mol. The van der Waals surface area contributed by atoms with Gasteiger partial charge >= 0.3 is 0 Å². The number of carbonyl (C=O) groups excluding carboxylic acids is 1. The maximum absolute atomic E-state index is 12.0. The highest BCUT2D eigenvalue weighted by atomic mass is 127. The lowest BCUT2D eigenvalue weighted by molar-refractivity contribution is 0.0977. The molecule has 0 atom stereocenters. The highest BCUT2D eigenvalue weighted by molar-refractivity contribution is 14.1. The number of nitrogens with one attached hydrogen (secondary N) is 2. The zero-order valence-corrected chi connectivity index (χ0v) is 12.7. The number of nitrogens with zero attached hydrogens (tertiary/aromatic N) is 1. The molecule has 0 saturated heterocycles. The van der Waals surface area contributed by atoms with E-state index in [1.807, 2.05) is 24.3 Å². The Morgan fingerprint density at radius 2 is 1.89 bits per heavy atom. The van der Waals surface area contributed by atoms with Gasteiger partial charge in [0, 0.05) is 9.77 Å². The number of halogens is 1. The first-order valence-corrected chi connectivity index (χ1v) is 6.93. The number of rotatable bonds is 2. The predicted molar refractivity (Wildman–Crippen MR) is 87.1 cm³/mol. The topological polar surface area (TPSA) is 54.0 Å². The Morgan fingerprint density at radius 3 is 2.58 bits per heavy atom. The fourth-order valence-corrected chi connectivity index (χ4v) is 2.23. The number of hydrogen-bond acceptors (Lipinski definition) is 3. The zero-order valence-electron chi connectivity index (χ0n) is 9.76. The van der Waals surface area contributed by atoms with Crippen molar-refractivity contribution in [3.05, 3.63) is 57.8 Å². The third kappa shape index (κ3) is 3.97. The predicted octanol–water partition coefficient (Wildman–Crippen LogP) is 2.81. The molecule has 2 aromatic rings. The Balaban J connectivity index is 2.00. The first-order valence-electron chi connectivity index (χ1n) is 5.45. The monoisotopic (exact) mass is 383 g/mol. The van der Waals surface area contributed by atoms with Crippen LogP contribution in [0.5, 0.6) is 0 Å². The first kappa shape index (κ1) is 13.9. The van der Waals surface area contributed by atoms with Gasteiger partial charge in [0.15, 0.2) is 5.11 Å². The summed E-state index contributed by atoms with van der Waals surface area (Å²) >= 11 is 7.18. The van der Waals surface area contributed by atoms with Crippen molar-refractivity contribution in [1.29, 1.82) is 0 Å². The van der Waals surface area contributed by atoms with Gasteiger partial charge in [0.05, 0.1) is 5.56 Å². The van der Waals surface area contributed by atoms with Crippen molar-refractivity contribution in [3.8, 4) is 0 Å². The lowest BCUT2D eigenvalue weighted by Gasteiger charge is -2.09. The minimum atomic E-state index is -0.238. The van der Waals surface area contributed by atoms with E-state index in [9.17, 15) is 4.79 Å². The summed E-state index contributed by atoms with van der Waals surface area (Å²) in [5.74, 6) is 0.356. The Kier molecular flexibility index (Phi) is 4.80. The molecule has 1 aromatic heterocycles. The average Bonchev–Trinajstić information content (AvgIpc) is 2.40. The van der Waals surface area contributed by atoms with Crippen LogP contribution in [0.1, 0.15) is 10.4 Å². The van der Waals surface area contributed by atoms with Gasteiger partial charge in [0.1, 0.15) is 5.82 Å². The summed E-state index contributed by atoms with van der Waals surface area (Å²) in [6.07, 6.45) is 1.65. The summed E-state index contributed by atoms with van der Waals surface area (Å²) in [6, 6.07) is 12.7. The van der Waals surface area contributed by atoms with Crippen molar-refractivity contribution in [2.75, 3.05) is 5.32 Å². The molecule has 0 saturated carbocycles. The van der Waals surface area contributed by atoms with Crippen LogP contribution in [0, 0.1) is 3.57 Å². The Bertz CT molecular complexity index is 604. The van der Waals surface area contributed by atoms with E-state index >= 15 is 0 Å². The maximum atomic E-state index is 12.0.